The molecule has 0 radical (unpaired) electrons. The third kappa shape index (κ3) is 3.47. The lowest BCUT2D eigenvalue weighted by atomic mass is 9.70. The minimum absolute atomic E-state index is 0.0958. The Labute approximate surface area is 132 Å². The largest absolute Gasteiger partial charge is 0.297 e. The van der Waals surface area contributed by atoms with Gasteiger partial charge >= 0.3 is 0 Å². The van der Waals surface area contributed by atoms with Crippen LogP contribution < -0.4 is 0 Å². The van der Waals surface area contributed by atoms with Crippen molar-refractivity contribution in [2.24, 2.45) is 11.3 Å². The van der Waals surface area contributed by atoms with E-state index in [1.807, 2.05) is 6.07 Å². The SMILES string of the molecule is CC(C)CC1(C(=O)C(C#N)c2cccc(Cl)c2)CCCC1. The van der Waals surface area contributed by atoms with E-state index in [4.69, 9.17) is 11.6 Å². The van der Waals surface area contributed by atoms with Crippen LogP contribution >= 0.6 is 11.6 Å². The Morgan fingerprint density at radius 3 is 2.57 bits per heavy atom. The summed E-state index contributed by atoms with van der Waals surface area (Å²) < 4.78 is 0. The zero-order chi connectivity index (χ0) is 15.5. The van der Waals surface area contributed by atoms with Gasteiger partial charge in [0.2, 0.25) is 0 Å². The Balaban J connectivity index is 2.32. The smallest absolute Gasteiger partial charge is 0.160 e. The summed E-state index contributed by atoms with van der Waals surface area (Å²) in [6.07, 6.45) is 4.90. The van der Waals surface area contributed by atoms with Crippen LogP contribution in [0.25, 0.3) is 0 Å². The first kappa shape index (κ1) is 16.0. The summed E-state index contributed by atoms with van der Waals surface area (Å²) in [6.45, 7) is 4.29. The maximum absolute atomic E-state index is 13.1. The molecular weight excluding hydrogens is 282 g/mol. The number of carbonyl (C=O) groups excluding carboxylic acids is 1. The van der Waals surface area contributed by atoms with E-state index in [1.54, 1.807) is 18.2 Å². The number of carbonyl (C=O) groups is 1. The molecule has 1 fully saturated rings. The normalized spacial score (nSPS) is 18.4. The second-order valence-corrected chi connectivity index (χ2v) is 7.00. The van der Waals surface area contributed by atoms with E-state index in [2.05, 4.69) is 19.9 Å². The van der Waals surface area contributed by atoms with Gasteiger partial charge in [0.15, 0.2) is 5.78 Å². The molecule has 2 nitrogen and oxygen atoms in total. The molecule has 0 spiro atoms. The highest BCUT2D eigenvalue weighted by atomic mass is 35.5. The number of nitriles is 1. The van der Waals surface area contributed by atoms with Crippen molar-refractivity contribution >= 4 is 17.4 Å². The molecule has 0 saturated heterocycles. The highest BCUT2D eigenvalue weighted by Gasteiger charge is 2.44. The molecule has 3 heteroatoms. The minimum Gasteiger partial charge on any atom is -0.297 e. The molecule has 0 heterocycles. The average molecular weight is 304 g/mol. The summed E-state index contributed by atoms with van der Waals surface area (Å²) in [6, 6.07) is 9.35. The van der Waals surface area contributed by atoms with Gasteiger partial charge in [-0.3, -0.25) is 4.79 Å². The predicted molar refractivity (Wildman–Crippen MR) is 85.2 cm³/mol. The summed E-state index contributed by atoms with van der Waals surface area (Å²) >= 11 is 6.01. The summed E-state index contributed by atoms with van der Waals surface area (Å²) in [5.74, 6) is -0.134. The third-order valence-electron chi connectivity index (χ3n) is 4.46. The van der Waals surface area contributed by atoms with E-state index < -0.39 is 5.92 Å². The van der Waals surface area contributed by atoms with Gasteiger partial charge in [-0.25, -0.2) is 0 Å². The Bertz CT molecular complexity index is 553. The van der Waals surface area contributed by atoms with Gasteiger partial charge in [0.05, 0.1) is 6.07 Å². The molecule has 0 aromatic heterocycles. The third-order valence-corrected chi connectivity index (χ3v) is 4.69. The van der Waals surface area contributed by atoms with Crippen LogP contribution in [-0.4, -0.2) is 5.78 Å². The molecule has 2 rings (SSSR count). The van der Waals surface area contributed by atoms with E-state index in [1.165, 1.54) is 0 Å². The van der Waals surface area contributed by atoms with Crippen LogP contribution in [0, 0.1) is 22.7 Å². The van der Waals surface area contributed by atoms with Crippen LogP contribution in [0.5, 0.6) is 0 Å². The highest BCUT2D eigenvalue weighted by Crippen LogP contribution is 2.47. The maximum Gasteiger partial charge on any atom is 0.160 e. The molecule has 112 valence electrons. The number of Topliss-reactive ketones (excluding diaryl/α,β-unsaturated/α-hetero) is 1. The van der Waals surface area contributed by atoms with E-state index >= 15 is 0 Å². The lowest BCUT2D eigenvalue weighted by Crippen LogP contribution is -2.33. The van der Waals surface area contributed by atoms with Crippen molar-refractivity contribution in [2.75, 3.05) is 0 Å². The molecule has 1 aliphatic rings. The first-order valence-corrected chi connectivity index (χ1v) is 8.06. The van der Waals surface area contributed by atoms with Crippen molar-refractivity contribution in [3.8, 4) is 6.07 Å². The predicted octanol–water partition coefficient (Wildman–Crippen LogP) is 5.12. The van der Waals surface area contributed by atoms with Gasteiger partial charge in [0.1, 0.15) is 5.92 Å². The van der Waals surface area contributed by atoms with Gasteiger partial charge in [-0.2, -0.15) is 5.26 Å². The fourth-order valence-corrected chi connectivity index (χ4v) is 3.86. The van der Waals surface area contributed by atoms with Crippen molar-refractivity contribution < 1.29 is 4.79 Å². The van der Waals surface area contributed by atoms with Gasteiger partial charge in [-0.05, 0) is 42.9 Å². The van der Waals surface area contributed by atoms with Crippen molar-refractivity contribution in [1.82, 2.24) is 0 Å². The fraction of sp³-hybridized carbons (Fsp3) is 0.556. The minimum atomic E-state index is -0.694. The Kier molecular flexibility index (Phi) is 5.06. The summed E-state index contributed by atoms with van der Waals surface area (Å²) in [4.78, 5) is 13.1. The van der Waals surface area contributed by atoms with Crippen molar-refractivity contribution in [1.29, 1.82) is 5.26 Å². The van der Waals surface area contributed by atoms with E-state index in [-0.39, 0.29) is 11.2 Å². The molecule has 0 aliphatic heterocycles. The number of halogens is 1. The topological polar surface area (TPSA) is 40.9 Å². The molecule has 0 bridgehead atoms. The monoisotopic (exact) mass is 303 g/mol. The number of hydrogen-bond donors (Lipinski definition) is 0. The average Bonchev–Trinajstić information content (AvgIpc) is 2.88. The number of rotatable bonds is 5. The summed E-state index contributed by atoms with van der Waals surface area (Å²) in [7, 11) is 0. The molecule has 1 unspecified atom stereocenters. The van der Waals surface area contributed by atoms with Gasteiger partial charge < -0.3 is 0 Å². The Morgan fingerprint density at radius 2 is 2.05 bits per heavy atom. The molecule has 1 atom stereocenters. The molecule has 21 heavy (non-hydrogen) atoms. The van der Waals surface area contributed by atoms with Gasteiger partial charge in [-0.15, -0.1) is 0 Å². The van der Waals surface area contributed by atoms with Crippen LogP contribution in [0.4, 0.5) is 0 Å². The van der Waals surface area contributed by atoms with Crippen LogP contribution in [0.15, 0.2) is 24.3 Å². The van der Waals surface area contributed by atoms with E-state index in [0.717, 1.165) is 37.7 Å². The van der Waals surface area contributed by atoms with Crippen molar-refractivity contribution in [3.05, 3.63) is 34.9 Å². The first-order valence-electron chi connectivity index (χ1n) is 7.68. The zero-order valence-electron chi connectivity index (χ0n) is 12.7. The fourth-order valence-electron chi connectivity index (χ4n) is 3.66. The molecule has 0 N–H and O–H groups in total. The molecule has 1 aromatic rings. The van der Waals surface area contributed by atoms with Crippen molar-refractivity contribution in [2.45, 2.75) is 51.9 Å². The van der Waals surface area contributed by atoms with Gasteiger partial charge in [-0.1, -0.05) is 50.4 Å². The second-order valence-electron chi connectivity index (χ2n) is 6.57. The number of benzene rings is 1. The zero-order valence-corrected chi connectivity index (χ0v) is 13.5. The molecule has 0 amide bonds. The summed E-state index contributed by atoms with van der Waals surface area (Å²) in [5.41, 5.74) is 0.418. The van der Waals surface area contributed by atoms with Gasteiger partial charge in [0.25, 0.3) is 0 Å². The van der Waals surface area contributed by atoms with E-state index in [0.29, 0.717) is 10.9 Å². The molecular formula is C18H22ClNO. The van der Waals surface area contributed by atoms with Gasteiger partial charge in [0, 0.05) is 10.4 Å². The first-order chi connectivity index (χ1) is 9.98. The number of nitrogens with zero attached hydrogens (tertiary/aromatic N) is 1. The van der Waals surface area contributed by atoms with Crippen LogP contribution in [0.2, 0.25) is 5.02 Å². The molecule has 1 saturated carbocycles. The quantitative estimate of drug-likeness (QED) is 0.757. The van der Waals surface area contributed by atoms with Crippen molar-refractivity contribution in [3.63, 3.8) is 0 Å². The van der Waals surface area contributed by atoms with Crippen LogP contribution in [0.1, 0.15) is 57.4 Å². The Hall–Kier alpha value is -1.33. The number of hydrogen-bond acceptors (Lipinski definition) is 2. The molecule has 1 aromatic carbocycles. The lowest BCUT2D eigenvalue weighted by Gasteiger charge is -2.31. The highest BCUT2D eigenvalue weighted by molar-refractivity contribution is 6.30. The van der Waals surface area contributed by atoms with Crippen LogP contribution in [-0.2, 0) is 4.79 Å². The number of ketones is 1. The summed E-state index contributed by atoms with van der Waals surface area (Å²) in [5, 5.41) is 10.1. The second kappa shape index (κ2) is 6.62. The lowest BCUT2D eigenvalue weighted by molar-refractivity contribution is -0.129. The van der Waals surface area contributed by atoms with E-state index in [9.17, 15) is 10.1 Å². The Morgan fingerprint density at radius 1 is 1.38 bits per heavy atom. The van der Waals surface area contributed by atoms with Crippen LogP contribution in [0.3, 0.4) is 0 Å². The maximum atomic E-state index is 13.1. The molecule has 1 aliphatic carbocycles. The standard InChI is InChI=1S/C18H22ClNO/c1-13(2)11-18(8-3-4-9-18)17(21)16(12-20)14-6-5-7-15(19)10-14/h5-7,10,13,16H,3-4,8-9,11H2,1-2H3.